The van der Waals surface area contributed by atoms with Gasteiger partial charge in [0.2, 0.25) is 0 Å². The summed E-state index contributed by atoms with van der Waals surface area (Å²) < 4.78 is 5.28. The van der Waals surface area contributed by atoms with Crippen LogP contribution in [0.15, 0.2) is 71.4 Å². The van der Waals surface area contributed by atoms with Crippen LogP contribution in [0.4, 0.5) is 6.01 Å². The minimum absolute atomic E-state index is 0.128. The van der Waals surface area contributed by atoms with E-state index in [0.29, 0.717) is 29.6 Å². The van der Waals surface area contributed by atoms with E-state index in [-0.39, 0.29) is 11.9 Å². The average Bonchev–Trinajstić information content (AvgIpc) is 3.16. The van der Waals surface area contributed by atoms with E-state index in [4.69, 9.17) is 10.2 Å². The Morgan fingerprint density at radius 1 is 1.00 bits per heavy atom. The molecule has 0 saturated heterocycles. The summed E-state index contributed by atoms with van der Waals surface area (Å²) in [7, 11) is 0. The molecule has 0 fully saturated rings. The summed E-state index contributed by atoms with van der Waals surface area (Å²) in [5, 5.41) is 4.04. The van der Waals surface area contributed by atoms with Gasteiger partial charge in [-0.05, 0) is 66.1 Å². The number of aromatic nitrogens is 3. The molecule has 3 N–H and O–H groups in total. The molecule has 0 aliphatic heterocycles. The summed E-state index contributed by atoms with van der Waals surface area (Å²) in [6.07, 6.45) is 4.17. The van der Waals surface area contributed by atoms with Crippen LogP contribution in [0.3, 0.4) is 0 Å². The second kappa shape index (κ2) is 8.11. The summed E-state index contributed by atoms with van der Waals surface area (Å²) in [4.78, 5) is 25.7. The largest absolute Gasteiger partial charge is 0.424 e. The van der Waals surface area contributed by atoms with Gasteiger partial charge < -0.3 is 15.5 Å². The summed E-state index contributed by atoms with van der Waals surface area (Å²) in [6, 6.07) is 17.5. The molecule has 0 spiro atoms. The SMILES string of the molecule is Cc1cnc2ccc(Cc3cc(C(=O)NCc4ccc5oc(N)nc5c4)ccn3)cc2c1. The number of benzene rings is 2. The normalized spacial score (nSPS) is 11.2. The molecule has 5 aromatic rings. The average molecular weight is 423 g/mol. The first-order valence-electron chi connectivity index (χ1n) is 10.3. The molecule has 0 bridgehead atoms. The number of hydrogen-bond donors (Lipinski definition) is 2. The minimum atomic E-state index is -0.160. The molecule has 5 rings (SSSR count). The number of nitrogen functional groups attached to an aromatic ring is 1. The molecule has 7 heteroatoms. The summed E-state index contributed by atoms with van der Waals surface area (Å²) in [6.45, 7) is 2.40. The fourth-order valence-corrected chi connectivity index (χ4v) is 3.71. The number of rotatable bonds is 5. The fraction of sp³-hybridized carbons (Fsp3) is 0.120. The lowest BCUT2D eigenvalue weighted by Gasteiger charge is -2.08. The topological polar surface area (TPSA) is 107 Å². The Labute approximate surface area is 184 Å². The lowest BCUT2D eigenvalue weighted by molar-refractivity contribution is 0.0950. The Morgan fingerprint density at radius 3 is 2.78 bits per heavy atom. The van der Waals surface area contributed by atoms with E-state index in [1.165, 1.54) is 0 Å². The second-order valence-corrected chi connectivity index (χ2v) is 7.79. The molecule has 1 amide bonds. The highest BCUT2D eigenvalue weighted by molar-refractivity contribution is 5.94. The third-order valence-corrected chi connectivity index (χ3v) is 5.27. The number of fused-ring (bicyclic) bond motifs is 2. The van der Waals surface area contributed by atoms with Gasteiger partial charge in [-0.2, -0.15) is 4.98 Å². The summed E-state index contributed by atoms with van der Waals surface area (Å²) >= 11 is 0. The van der Waals surface area contributed by atoms with Crippen LogP contribution in [0.2, 0.25) is 0 Å². The molecular formula is C25H21N5O2. The highest BCUT2D eigenvalue weighted by Gasteiger charge is 2.09. The summed E-state index contributed by atoms with van der Waals surface area (Å²) in [5.74, 6) is -0.160. The zero-order valence-electron chi connectivity index (χ0n) is 17.5. The van der Waals surface area contributed by atoms with Crippen molar-refractivity contribution in [3.63, 3.8) is 0 Å². The molecule has 0 radical (unpaired) electrons. The van der Waals surface area contributed by atoms with Gasteiger partial charge in [0.05, 0.1) is 5.52 Å². The zero-order chi connectivity index (χ0) is 22.1. The van der Waals surface area contributed by atoms with Crippen molar-refractivity contribution in [2.75, 3.05) is 5.73 Å². The lowest BCUT2D eigenvalue weighted by atomic mass is 10.0. The van der Waals surface area contributed by atoms with E-state index in [1.807, 2.05) is 43.5 Å². The Kier molecular flexibility index (Phi) is 4.99. The third kappa shape index (κ3) is 4.13. The number of pyridine rings is 2. The van der Waals surface area contributed by atoms with Gasteiger partial charge in [0.25, 0.3) is 11.9 Å². The van der Waals surface area contributed by atoms with Crippen molar-refractivity contribution < 1.29 is 9.21 Å². The molecule has 0 aliphatic carbocycles. The number of amides is 1. The maximum atomic E-state index is 12.7. The molecule has 3 aromatic heterocycles. The van der Waals surface area contributed by atoms with Crippen molar-refractivity contribution in [1.82, 2.24) is 20.3 Å². The van der Waals surface area contributed by atoms with Gasteiger partial charge in [0.15, 0.2) is 5.58 Å². The number of aryl methyl sites for hydroxylation is 1. The van der Waals surface area contributed by atoms with E-state index < -0.39 is 0 Å². The molecular weight excluding hydrogens is 402 g/mol. The molecule has 2 aromatic carbocycles. The van der Waals surface area contributed by atoms with Crippen LogP contribution in [0.5, 0.6) is 0 Å². The monoisotopic (exact) mass is 423 g/mol. The van der Waals surface area contributed by atoms with Gasteiger partial charge >= 0.3 is 0 Å². The number of anilines is 1. The Balaban J connectivity index is 1.29. The van der Waals surface area contributed by atoms with Crippen LogP contribution in [0.25, 0.3) is 22.0 Å². The van der Waals surface area contributed by atoms with Crippen molar-refractivity contribution in [3.8, 4) is 0 Å². The quantitative estimate of drug-likeness (QED) is 0.439. The smallest absolute Gasteiger partial charge is 0.292 e. The first-order chi connectivity index (χ1) is 15.5. The second-order valence-electron chi connectivity index (χ2n) is 7.79. The zero-order valence-corrected chi connectivity index (χ0v) is 17.5. The predicted octanol–water partition coefficient (Wildman–Crippen LogP) is 4.18. The van der Waals surface area contributed by atoms with Gasteiger partial charge in [0.1, 0.15) is 5.52 Å². The predicted molar refractivity (Wildman–Crippen MR) is 123 cm³/mol. The van der Waals surface area contributed by atoms with E-state index >= 15 is 0 Å². The molecule has 32 heavy (non-hydrogen) atoms. The summed E-state index contributed by atoms with van der Waals surface area (Å²) in [5.41, 5.74) is 12.4. The van der Waals surface area contributed by atoms with Crippen LogP contribution >= 0.6 is 0 Å². The fourth-order valence-electron chi connectivity index (χ4n) is 3.71. The highest BCUT2D eigenvalue weighted by atomic mass is 16.4. The van der Waals surface area contributed by atoms with Crippen molar-refractivity contribution in [2.24, 2.45) is 0 Å². The molecule has 0 saturated carbocycles. The van der Waals surface area contributed by atoms with Crippen LogP contribution in [0, 0.1) is 6.92 Å². The first kappa shape index (κ1) is 19.7. The van der Waals surface area contributed by atoms with Crippen molar-refractivity contribution >= 4 is 33.9 Å². The van der Waals surface area contributed by atoms with Gasteiger partial charge in [-0.25, -0.2) is 0 Å². The van der Waals surface area contributed by atoms with E-state index in [1.54, 1.807) is 18.3 Å². The molecule has 7 nitrogen and oxygen atoms in total. The Hall–Kier alpha value is -4.26. The van der Waals surface area contributed by atoms with Crippen LogP contribution in [-0.2, 0) is 13.0 Å². The number of oxazole rings is 1. The standard InChI is InChI=1S/C25H21N5O2/c1-15-8-19-9-16(2-4-21(19)28-13-15)10-20-12-18(6-7-27-20)24(31)29-14-17-3-5-23-22(11-17)30-25(26)32-23/h2-9,11-13H,10,14H2,1H3,(H2,26,30)(H,29,31). The van der Waals surface area contributed by atoms with E-state index in [2.05, 4.69) is 32.4 Å². The van der Waals surface area contributed by atoms with Crippen LogP contribution < -0.4 is 11.1 Å². The van der Waals surface area contributed by atoms with Gasteiger partial charge in [-0.3, -0.25) is 14.8 Å². The van der Waals surface area contributed by atoms with Crippen LogP contribution in [-0.4, -0.2) is 20.9 Å². The number of nitrogens with two attached hydrogens (primary N) is 1. The maximum absolute atomic E-state index is 12.7. The van der Waals surface area contributed by atoms with E-state index in [9.17, 15) is 4.79 Å². The van der Waals surface area contributed by atoms with Crippen molar-refractivity contribution in [1.29, 1.82) is 0 Å². The minimum Gasteiger partial charge on any atom is -0.424 e. The van der Waals surface area contributed by atoms with Crippen LogP contribution in [0.1, 0.15) is 32.7 Å². The highest BCUT2D eigenvalue weighted by Crippen LogP contribution is 2.19. The maximum Gasteiger partial charge on any atom is 0.292 e. The number of hydrogen-bond acceptors (Lipinski definition) is 6. The molecule has 0 unspecified atom stereocenters. The number of carbonyl (C=O) groups is 1. The number of nitrogens with one attached hydrogen (secondary N) is 1. The molecule has 3 heterocycles. The molecule has 158 valence electrons. The van der Waals surface area contributed by atoms with E-state index in [0.717, 1.165) is 33.3 Å². The third-order valence-electron chi connectivity index (χ3n) is 5.27. The lowest BCUT2D eigenvalue weighted by Crippen LogP contribution is -2.23. The van der Waals surface area contributed by atoms with Gasteiger partial charge in [-0.15, -0.1) is 0 Å². The number of nitrogens with zero attached hydrogens (tertiary/aromatic N) is 3. The van der Waals surface area contributed by atoms with Gasteiger partial charge in [-0.1, -0.05) is 12.1 Å². The van der Waals surface area contributed by atoms with Crippen molar-refractivity contribution in [2.45, 2.75) is 19.9 Å². The molecule has 0 aliphatic rings. The van der Waals surface area contributed by atoms with Crippen molar-refractivity contribution in [3.05, 3.63) is 94.9 Å². The Bertz CT molecular complexity index is 1460. The number of carbonyl (C=O) groups excluding carboxylic acids is 1. The van der Waals surface area contributed by atoms with Gasteiger partial charge in [0, 0.05) is 42.0 Å². The molecule has 0 atom stereocenters. The Morgan fingerprint density at radius 2 is 1.88 bits per heavy atom. The first-order valence-corrected chi connectivity index (χ1v) is 10.3.